The van der Waals surface area contributed by atoms with Gasteiger partial charge in [0, 0.05) is 36.3 Å². The zero-order valence-corrected chi connectivity index (χ0v) is 21.2. The average Bonchev–Trinajstić information content (AvgIpc) is 3.29. The Balaban J connectivity index is 1.60. The van der Waals surface area contributed by atoms with Crippen LogP contribution in [0.25, 0.3) is 0 Å². The van der Waals surface area contributed by atoms with Crippen molar-refractivity contribution in [3.8, 4) is 0 Å². The van der Waals surface area contributed by atoms with Crippen LogP contribution in [-0.2, 0) is 10.2 Å². The smallest absolute Gasteiger partial charge is 0.264 e. The number of hydrogen-bond acceptors (Lipinski definition) is 4. The predicted octanol–water partition coefficient (Wildman–Crippen LogP) is 3.43. The first kappa shape index (κ1) is 25.8. The van der Waals surface area contributed by atoms with Gasteiger partial charge in [-0.1, -0.05) is 39.0 Å². The Labute approximate surface area is 211 Å². The van der Waals surface area contributed by atoms with Crippen molar-refractivity contribution in [1.82, 2.24) is 15.1 Å². The molecule has 4 rings (SSSR count). The second kappa shape index (κ2) is 10.4. The Morgan fingerprint density at radius 3 is 2.03 bits per heavy atom. The zero-order valence-electron chi connectivity index (χ0n) is 21.2. The van der Waals surface area contributed by atoms with Crippen LogP contribution in [0.1, 0.15) is 72.7 Å². The minimum absolute atomic E-state index is 0.0612. The number of hydrogen-bond donors (Lipinski definition) is 2. The van der Waals surface area contributed by atoms with Gasteiger partial charge in [0.2, 0.25) is 0 Å². The van der Waals surface area contributed by atoms with Crippen molar-refractivity contribution in [3.63, 3.8) is 0 Å². The lowest BCUT2D eigenvalue weighted by Crippen LogP contribution is -2.56. The fraction of sp³-hybridized carbons (Fsp3) is 0.464. The fourth-order valence-corrected chi connectivity index (χ4v) is 4.94. The molecule has 1 aliphatic heterocycles. The van der Waals surface area contributed by atoms with Crippen LogP contribution in [0.3, 0.4) is 0 Å². The van der Waals surface area contributed by atoms with Crippen LogP contribution in [0.2, 0.25) is 0 Å². The van der Waals surface area contributed by atoms with E-state index in [4.69, 9.17) is 5.73 Å². The maximum absolute atomic E-state index is 13.8. The molecule has 1 saturated carbocycles. The topological polar surface area (TPSA) is 95.7 Å². The molecule has 7 nitrogen and oxygen atoms in total. The average molecular weight is 495 g/mol. The van der Waals surface area contributed by atoms with Gasteiger partial charge in [-0.05, 0) is 67.0 Å². The lowest BCUT2D eigenvalue weighted by molar-refractivity contribution is -0.129. The molecular formula is C28H35FN4O3. The molecule has 1 atom stereocenters. The van der Waals surface area contributed by atoms with E-state index in [-0.39, 0.29) is 42.1 Å². The maximum atomic E-state index is 13.8. The number of nitrogens with two attached hydrogens (primary N) is 1. The second-order valence-corrected chi connectivity index (χ2v) is 10.8. The van der Waals surface area contributed by atoms with Gasteiger partial charge in [-0.25, -0.2) is 4.39 Å². The third-order valence-corrected chi connectivity index (χ3v) is 7.12. The van der Waals surface area contributed by atoms with Gasteiger partial charge in [-0.15, -0.1) is 0 Å². The number of carbonyl (C=O) groups is 3. The third kappa shape index (κ3) is 5.59. The molecule has 0 bridgehead atoms. The van der Waals surface area contributed by atoms with Crippen molar-refractivity contribution in [2.45, 2.75) is 70.1 Å². The summed E-state index contributed by atoms with van der Waals surface area (Å²) < 4.78 is 13.8. The van der Waals surface area contributed by atoms with Crippen LogP contribution in [-0.4, -0.2) is 58.9 Å². The van der Waals surface area contributed by atoms with Crippen molar-refractivity contribution in [2.24, 2.45) is 5.73 Å². The fourth-order valence-electron chi connectivity index (χ4n) is 4.94. The third-order valence-electron chi connectivity index (χ3n) is 7.12. The van der Waals surface area contributed by atoms with E-state index in [1.54, 1.807) is 12.1 Å². The van der Waals surface area contributed by atoms with Crippen LogP contribution < -0.4 is 11.1 Å². The molecule has 2 aliphatic rings. The van der Waals surface area contributed by atoms with Crippen molar-refractivity contribution in [1.29, 1.82) is 0 Å². The number of amides is 3. The van der Waals surface area contributed by atoms with Crippen molar-refractivity contribution >= 4 is 17.7 Å². The van der Waals surface area contributed by atoms with Crippen LogP contribution in [0.5, 0.6) is 0 Å². The van der Waals surface area contributed by atoms with Crippen LogP contribution in [0.15, 0.2) is 48.5 Å². The van der Waals surface area contributed by atoms with Crippen molar-refractivity contribution in [2.75, 3.05) is 13.1 Å². The molecule has 0 radical (unpaired) electrons. The first-order valence-corrected chi connectivity index (χ1v) is 12.6. The molecule has 1 unspecified atom stereocenters. The SMILES string of the molecule is CC(C)(C)c1ccc(C(=O)N2CCN(C(=O)c3cccc(F)c3)C2C(=O)NC2CCC(N)CC2)cc1. The standard InChI is InChI=1S/C28H35FN4O3/c1-28(2,3)20-9-7-18(8-10-20)26(35)32-15-16-33(27(36)19-5-4-6-21(29)17-19)25(32)24(34)31-23-13-11-22(30)12-14-23/h4-10,17,22-23,25H,11-16,30H2,1-3H3,(H,31,34). The van der Waals surface area contributed by atoms with E-state index in [2.05, 4.69) is 26.1 Å². The van der Waals surface area contributed by atoms with Gasteiger partial charge in [0.15, 0.2) is 6.17 Å². The summed E-state index contributed by atoms with van der Waals surface area (Å²) in [6.45, 7) is 6.67. The molecule has 2 aromatic rings. The van der Waals surface area contributed by atoms with Crippen molar-refractivity contribution < 1.29 is 18.8 Å². The molecule has 3 amide bonds. The summed E-state index contributed by atoms with van der Waals surface area (Å²) in [6.07, 6.45) is 2.00. The highest BCUT2D eigenvalue weighted by Crippen LogP contribution is 2.26. The number of nitrogens with zero attached hydrogens (tertiary/aromatic N) is 2. The Bertz CT molecular complexity index is 1120. The summed E-state index contributed by atoms with van der Waals surface area (Å²) in [4.78, 5) is 43.2. The van der Waals surface area contributed by atoms with E-state index in [1.807, 2.05) is 12.1 Å². The summed E-state index contributed by atoms with van der Waals surface area (Å²) in [5, 5.41) is 3.04. The maximum Gasteiger partial charge on any atom is 0.264 e. The number of halogens is 1. The zero-order chi connectivity index (χ0) is 26.0. The van der Waals surface area contributed by atoms with Crippen LogP contribution >= 0.6 is 0 Å². The first-order chi connectivity index (χ1) is 17.0. The summed E-state index contributed by atoms with van der Waals surface area (Å²) in [6, 6.07) is 12.8. The minimum Gasteiger partial charge on any atom is -0.350 e. The summed E-state index contributed by atoms with van der Waals surface area (Å²) in [5.41, 5.74) is 7.62. The molecule has 8 heteroatoms. The molecule has 0 aromatic heterocycles. The highest BCUT2D eigenvalue weighted by molar-refractivity contribution is 6.02. The Hall–Kier alpha value is -3.26. The lowest BCUT2D eigenvalue weighted by atomic mass is 9.86. The number of nitrogens with one attached hydrogen (secondary N) is 1. The number of benzene rings is 2. The van der Waals surface area contributed by atoms with Gasteiger partial charge in [0.1, 0.15) is 5.82 Å². The Morgan fingerprint density at radius 1 is 0.889 bits per heavy atom. The first-order valence-electron chi connectivity index (χ1n) is 12.6. The predicted molar refractivity (Wildman–Crippen MR) is 136 cm³/mol. The molecule has 1 heterocycles. The molecule has 1 aliphatic carbocycles. The van der Waals surface area contributed by atoms with E-state index in [9.17, 15) is 18.8 Å². The van der Waals surface area contributed by atoms with Gasteiger partial charge >= 0.3 is 0 Å². The highest BCUT2D eigenvalue weighted by atomic mass is 19.1. The number of carbonyl (C=O) groups excluding carboxylic acids is 3. The van der Waals surface area contributed by atoms with E-state index in [0.29, 0.717) is 5.56 Å². The number of rotatable bonds is 4. The Morgan fingerprint density at radius 2 is 1.47 bits per heavy atom. The molecule has 2 fully saturated rings. The van der Waals surface area contributed by atoms with E-state index in [0.717, 1.165) is 37.3 Å². The normalized spacial score (nSPS) is 22.4. The largest absolute Gasteiger partial charge is 0.350 e. The van der Waals surface area contributed by atoms with E-state index in [1.165, 1.54) is 28.0 Å². The van der Waals surface area contributed by atoms with E-state index < -0.39 is 23.8 Å². The highest BCUT2D eigenvalue weighted by Gasteiger charge is 2.43. The second-order valence-electron chi connectivity index (χ2n) is 10.8. The van der Waals surface area contributed by atoms with E-state index >= 15 is 0 Å². The molecule has 36 heavy (non-hydrogen) atoms. The minimum atomic E-state index is -1.12. The van der Waals surface area contributed by atoms with Crippen molar-refractivity contribution in [3.05, 3.63) is 71.0 Å². The molecule has 192 valence electrons. The molecule has 2 aromatic carbocycles. The molecule has 3 N–H and O–H groups in total. The monoisotopic (exact) mass is 494 g/mol. The van der Waals surface area contributed by atoms with Gasteiger partial charge in [0.05, 0.1) is 0 Å². The lowest BCUT2D eigenvalue weighted by Gasteiger charge is -2.33. The summed E-state index contributed by atoms with van der Waals surface area (Å²) in [7, 11) is 0. The Kier molecular flexibility index (Phi) is 7.45. The molecular weight excluding hydrogens is 459 g/mol. The quantitative estimate of drug-likeness (QED) is 0.681. The van der Waals surface area contributed by atoms with Gasteiger partial charge in [-0.2, -0.15) is 0 Å². The van der Waals surface area contributed by atoms with Crippen LogP contribution in [0.4, 0.5) is 4.39 Å². The summed E-state index contributed by atoms with van der Waals surface area (Å²) in [5.74, 6) is -1.75. The van der Waals surface area contributed by atoms with Gasteiger partial charge in [-0.3, -0.25) is 14.4 Å². The van der Waals surface area contributed by atoms with Gasteiger partial charge < -0.3 is 20.9 Å². The van der Waals surface area contributed by atoms with Crippen LogP contribution in [0, 0.1) is 5.82 Å². The summed E-state index contributed by atoms with van der Waals surface area (Å²) >= 11 is 0. The van der Waals surface area contributed by atoms with Gasteiger partial charge in [0.25, 0.3) is 17.7 Å². The molecule has 0 spiro atoms. The molecule has 1 saturated heterocycles.